The Hall–Kier alpha value is -1.50. The van der Waals surface area contributed by atoms with Crippen molar-refractivity contribution in [3.63, 3.8) is 0 Å². The molecule has 0 aliphatic carbocycles. The van der Waals surface area contributed by atoms with Crippen LogP contribution < -0.4 is 11.5 Å². The van der Waals surface area contributed by atoms with Crippen LogP contribution in [0.3, 0.4) is 0 Å². The van der Waals surface area contributed by atoms with Crippen LogP contribution in [0.2, 0.25) is 0 Å². The Kier molecular flexibility index (Phi) is 10.4. The molecule has 0 heterocycles. The first-order valence-electron chi connectivity index (χ1n) is 6.82. The average Bonchev–Trinajstić information content (AvgIpc) is 2.49. The van der Waals surface area contributed by atoms with E-state index in [4.69, 9.17) is 18.0 Å². The molecular weight excluding hydrogens is 314 g/mol. The first-order chi connectivity index (χ1) is 10.4. The van der Waals surface area contributed by atoms with E-state index in [-0.39, 0.29) is 6.61 Å². The molecule has 122 valence electrons. The van der Waals surface area contributed by atoms with Gasteiger partial charge in [0.15, 0.2) is 0 Å². The van der Waals surface area contributed by atoms with Crippen molar-refractivity contribution in [3.8, 4) is 0 Å². The molecule has 4 nitrogen and oxygen atoms in total. The molecule has 0 aliphatic rings. The minimum atomic E-state index is -0.0459. The molecule has 5 N–H and O–H groups in total. The van der Waals surface area contributed by atoms with Gasteiger partial charge in [0, 0.05) is 24.2 Å². The number of aliphatic hydroxyl groups excluding tert-OH is 1. The van der Waals surface area contributed by atoms with Gasteiger partial charge in [0.2, 0.25) is 0 Å². The maximum Gasteiger partial charge on any atom is 0.140 e. The molecule has 1 rings (SSSR count). The van der Waals surface area contributed by atoms with Crippen molar-refractivity contribution in [1.82, 2.24) is 4.90 Å². The number of nitrogens with zero attached hydrogens (tertiary/aromatic N) is 1. The Balaban J connectivity index is 0.00000135. The second-order valence-corrected chi connectivity index (χ2v) is 6.28. The van der Waals surface area contributed by atoms with E-state index in [1.807, 2.05) is 50.1 Å². The summed E-state index contributed by atoms with van der Waals surface area (Å²) in [6, 6.07) is 5.84. The molecule has 0 spiro atoms. The standard InChI is InChI=1S/C14H20N2OS2.C2H5N/c1-4-16(3)14(18)19-12(9-17)8-11-7-10(2)5-6-13(11)15;1-2-3/h5-8,17H,4,9,15H2,1-3H3;2H,1,3H2/b12-8-;. The summed E-state index contributed by atoms with van der Waals surface area (Å²) in [6.07, 6.45) is 3.14. The van der Waals surface area contributed by atoms with Gasteiger partial charge in [-0.2, -0.15) is 0 Å². The van der Waals surface area contributed by atoms with Gasteiger partial charge in [0.1, 0.15) is 4.32 Å². The molecule has 1 aromatic rings. The topological polar surface area (TPSA) is 75.5 Å². The van der Waals surface area contributed by atoms with Gasteiger partial charge in [-0.3, -0.25) is 0 Å². The van der Waals surface area contributed by atoms with Crippen LogP contribution in [0.1, 0.15) is 18.1 Å². The summed E-state index contributed by atoms with van der Waals surface area (Å²) >= 11 is 6.70. The third-order valence-electron chi connectivity index (χ3n) is 2.72. The van der Waals surface area contributed by atoms with Crippen LogP contribution in [0.15, 0.2) is 35.9 Å². The Bertz CT molecular complexity index is 530. The van der Waals surface area contributed by atoms with Crippen molar-refractivity contribution >= 4 is 40.1 Å². The molecule has 0 aliphatic heterocycles. The number of nitrogen functional groups attached to an aromatic ring is 1. The van der Waals surface area contributed by atoms with Crippen LogP contribution in [-0.2, 0) is 0 Å². The van der Waals surface area contributed by atoms with Crippen LogP contribution in [-0.4, -0.2) is 34.5 Å². The number of anilines is 1. The summed E-state index contributed by atoms with van der Waals surface area (Å²) in [6.45, 7) is 7.98. The van der Waals surface area contributed by atoms with Crippen molar-refractivity contribution < 1.29 is 5.11 Å². The zero-order chi connectivity index (χ0) is 17.1. The highest BCUT2D eigenvalue weighted by Gasteiger charge is 2.07. The lowest BCUT2D eigenvalue weighted by Crippen LogP contribution is -2.21. The van der Waals surface area contributed by atoms with E-state index in [0.717, 1.165) is 26.9 Å². The van der Waals surface area contributed by atoms with Gasteiger partial charge < -0.3 is 21.5 Å². The molecule has 6 heteroatoms. The average molecular weight is 340 g/mol. The van der Waals surface area contributed by atoms with E-state index in [1.54, 1.807) is 0 Å². The molecule has 0 radical (unpaired) electrons. The molecule has 0 saturated carbocycles. The van der Waals surface area contributed by atoms with Crippen LogP contribution in [0.5, 0.6) is 0 Å². The second kappa shape index (κ2) is 11.1. The largest absolute Gasteiger partial charge is 0.405 e. The molecule has 0 amide bonds. The molecule has 0 atom stereocenters. The van der Waals surface area contributed by atoms with Gasteiger partial charge in [-0.25, -0.2) is 0 Å². The van der Waals surface area contributed by atoms with Gasteiger partial charge in [-0.05, 0) is 43.8 Å². The number of aliphatic hydroxyl groups is 1. The lowest BCUT2D eigenvalue weighted by atomic mass is 10.1. The fourth-order valence-corrected chi connectivity index (χ4v) is 2.63. The van der Waals surface area contributed by atoms with Gasteiger partial charge in [0.05, 0.1) is 6.61 Å². The minimum Gasteiger partial charge on any atom is -0.405 e. The maximum atomic E-state index is 9.44. The normalized spacial score (nSPS) is 10.5. The second-order valence-electron chi connectivity index (χ2n) is 4.52. The highest BCUT2D eigenvalue weighted by molar-refractivity contribution is 8.25. The number of rotatable bonds is 4. The highest BCUT2D eigenvalue weighted by atomic mass is 32.2. The summed E-state index contributed by atoms with van der Waals surface area (Å²) in [5.41, 5.74) is 13.3. The Morgan fingerprint density at radius 1 is 1.50 bits per heavy atom. The summed E-state index contributed by atoms with van der Waals surface area (Å²) in [5.74, 6) is 0. The first-order valence-corrected chi connectivity index (χ1v) is 8.05. The van der Waals surface area contributed by atoms with Crippen molar-refractivity contribution in [2.24, 2.45) is 5.73 Å². The van der Waals surface area contributed by atoms with Crippen molar-refractivity contribution in [2.75, 3.05) is 25.9 Å². The monoisotopic (exact) mass is 339 g/mol. The van der Waals surface area contributed by atoms with Crippen molar-refractivity contribution in [3.05, 3.63) is 47.0 Å². The smallest absolute Gasteiger partial charge is 0.140 e. The number of benzene rings is 1. The molecular formula is C16H25N3OS2. The van der Waals surface area contributed by atoms with Crippen molar-refractivity contribution in [2.45, 2.75) is 13.8 Å². The quantitative estimate of drug-likeness (QED) is 0.578. The highest BCUT2D eigenvalue weighted by Crippen LogP contribution is 2.24. The number of hydrogen-bond acceptors (Lipinski definition) is 5. The number of aryl methyl sites for hydroxylation is 1. The molecule has 1 aromatic carbocycles. The van der Waals surface area contributed by atoms with E-state index in [9.17, 15) is 5.11 Å². The summed E-state index contributed by atoms with van der Waals surface area (Å²) < 4.78 is 0.744. The zero-order valence-corrected chi connectivity index (χ0v) is 15.0. The Morgan fingerprint density at radius 2 is 2.09 bits per heavy atom. The van der Waals surface area contributed by atoms with Gasteiger partial charge >= 0.3 is 0 Å². The number of hydrogen-bond donors (Lipinski definition) is 3. The van der Waals surface area contributed by atoms with E-state index >= 15 is 0 Å². The van der Waals surface area contributed by atoms with Crippen LogP contribution in [0.25, 0.3) is 6.08 Å². The van der Waals surface area contributed by atoms with Crippen LogP contribution in [0.4, 0.5) is 5.69 Å². The van der Waals surface area contributed by atoms with Crippen LogP contribution in [0, 0.1) is 6.92 Å². The number of thiocarbonyl (C=S) groups is 1. The van der Waals surface area contributed by atoms with Crippen LogP contribution >= 0.6 is 24.0 Å². The van der Waals surface area contributed by atoms with E-state index in [0.29, 0.717) is 5.69 Å². The molecule has 0 saturated heterocycles. The lowest BCUT2D eigenvalue weighted by molar-refractivity contribution is 0.340. The Labute approximate surface area is 142 Å². The van der Waals surface area contributed by atoms with Gasteiger partial charge in [0.25, 0.3) is 0 Å². The molecule has 0 unspecified atom stereocenters. The van der Waals surface area contributed by atoms with Gasteiger partial charge in [-0.15, -0.1) is 0 Å². The summed E-state index contributed by atoms with van der Waals surface area (Å²) in [7, 11) is 1.94. The summed E-state index contributed by atoms with van der Waals surface area (Å²) in [4.78, 5) is 2.76. The Morgan fingerprint density at radius 3 is 2.59 bits per heavy atom. The maximum absolute atomic E-state index is 9.44. The SMILES string of the molecule is C=CN.CCN(C)C(=S)S/C(=C\c1cc(C)ccc1N)CO. The fourth-order valence-electron chi connectivity index (χ4n) is 1.42. The number of thioether (sulfide) groups is 1. The minimum absolute atomic E-state index is 0.0459. The third-order valence-corrected chi connectivity index (χ3v) is 4.28. The predicted molar refractivity (Wildman–Crippen MR) is 104 cm³/mol. The third kappa shape index (κ3) is 7.49. The van der Waals surface area contributed by atoms with Crippen molar-refractivity contribution in [1.29, 1.82) is 0 Å². The number of nitrogens with two attached hydrogens (primary N) is 2. The lowest BCUT2D eigenvalue weighted by Gasteiger charge is -2.17. The predicted octanol–water partition coefficient (Wildman–Crippen LogP) is 2.97. The van der Waals surface area contributed by atoms with E-state index in [1.165, 1.54) is 18.0 Å². The fraction of sp³-hybridized carbons (Fsp3) is 0.312. The zero-order valence-electron chi connectivity index (χ0n) is 13.4. The molecule has 22 heavy (non-hydrogen) atoms. The van der Waals surface area contributed by atoms with E-state index < -0.39 is 0 Å². The van der Waals surface area contributed by atoms with E-state index in [2.05, 4.69) is 12.3 Å². The summed E-state index contributed by atoms with van der Waals surface area (Å²) in [5, 5.41) is 9.44. The molecule has 0 aromatic heterocycles. The molecule has 0 bridgehead atoms. The van der Waals surface area contributed by atoms with Gasteiger partial charge in [-0.1, -0.05) is 42.2 Å². The molecule has 0 fully saturated rings. The first kappa shape index (κ1) is 20.5.